The topological polar surface area (TPSA) is 86.9 Å². The standard InChI is InChI=1S/C26H27BrN6O2/c1-15-10-18-11-21(29-15)20-13-28-32(2)25(20)35-9-3-4-17(16-5-6-16)14-33-23-8-7-19(27)12-22(23)30-26(33)31-24(18)34/h7-8,10-13,16-17H,3-6,9,14H2,1-2H3,(H,30,31,34). The molecule has 1 fully saturated rings. The van der Waals surface area contributed by atoms with E-state index in [1.54, 1.807) is 23.0 Å². The van der Waals surface area contributed by atoms with Crippen LogP contribution in [0.3, 0.4) is 0 Å². The van der Waals surface area contributed by atoms with Crippen molar-refractivity contribution in [3.63, 3.8) is 0 Å². The number of imidazole rings is 1. The number of benzene rings is 1. The van der Waals surface area contributed by atoms with Gasteiger partial charge in [-0.3, -0.25) is 15.1 Å². The quantitative estimate of drug-likeness (QED) is 0.355. The highest BCUT2D eigenvalue weighted by atomic mass is 79.9. The number of fused-ring (bicyclic) bond motifs is 7. The van der Waals surface area contributed by atoms with Gasteiger partial charge in [0.15, 0.2) is 0 Å². The molecule has 1 aliphatic carbocycles. The lowest BCUT2D eigenvalue weighted by Crippen LogP contribution is -2.20. The molecule has 0 saturated heterocycles. The Balaban J connectivity index is 1.47. The molecule has 1 atom stereocenters. The number of hydrogen-bond donors (Lipinski definition) is 1. The lowest BCUT2D eigenvalue weighted by Gasteiger charge is -2.19. The predicted molar refractivity (Wildman–Crippen MR) is 138 cm³/mol. The summed E-state index contributed by atoms with van der Waals surface area (Å²) in [5.74, 6) is 2.25. The van der Waals surface area contributed by atoms with Gasteiger partial charge in [-0.05, 0) is 74.8 Å². The zero-order valence-electron chi connectivity index (χ0n) is 19.8. The van der Waals surface area contributed by atoms with E-state index < -0.39 is 0 Å². The maximum atomic E-state index is 13.5. The van der Waals surface area contributed by atoms with Crippen molar-refractivity contribution in [1.29, 1.82) is 0 Å². The van der Waals surface area contributed by atoms with Gasteiger partial charge < -0.3 is 9.30 Å². The van der Waals surface area contributed by atoms with Crippen LogP contribution in [-0.4, -0.2) is 36.8 Å². The molecule has 1 aromatic carbocycles. The van der Waals surface area contributed by atoms with Crippen molar-refractivity contribution in [3.8, 4) is 17.1 Å². The van der Waals surface area contributed by atoms with Crippen molar-refractivity contribution in [3.05, 3.63) is 52.3 Å². The highest BCUT2D eigenvalue weighted by Crippen LogP contribution is 2.41. The van der Waals surface area contributed by atoms with Crippen LogP contribution in [0.25, 0.3) is 22.3 Å². The number of carbonyl (C=O) groups excluding carboxylic acids is 1. The molecule has 1 saturated carbocycles. The van der Waals surface area contributed by atoms with E-state index in [9.17, 15) is 4.79 Å². The Morgan fingerprint density at radius 1 is 1.11 bits per heavy atom. The molecule has 6 rings (SSSR count). The van der Waals surface area contributed by atoms with Gasteiger partial charge in [-0.15, -0.1) is 0 Å². The number of aryl methyl sites for hydroxylation is 2. The summed E-state index contributed by atoms with van der Waals surface area (Å²) in [4.78, 5) is 23.0. The molecular formula is C26H27BrN6O2. The number of hydrogen-bond acceptors (Lipinski definition) is 5. The Bertz CT molecular complexity index is 1440. The lowest BCUT2D eigenvalue weighted by atomic mass is 9.97. The van der Waals surface area contributed by atoms with E-state index in [0.29, 0.717) is 41.5 Å². The number of anilines is 1. The van der Waals surface area contributed by atoms with Gasteiger partial charge in [0.1, 0.15) is 0 Å². The average Bonchev–Trinajstić information content (AvgIpc) is 3.53. The second kappa shape index (κ2) is 8.78. The summed E-state index contributed by atoms with van der Waals surface area (Å²) in [6, 6.07) is 9.69. The van der Waals surface area contributed by atoms with Gasteiger partial charge in [-0.1, -0.05) is 15.9 Å². The SMILES string of the molecule is Cc1cc2cc(n1)-c1cnn(C)c1OCCCC(C1CC1)Cn1c(nc3cc(Br)ccc31)NC2=O. The number of ether oxygens (including phenoxy) is 1. The van der Waals surface area contributed by atoms with Gasteiger partial charge in [0.2, 0.25) is 11.8 Å². The lowest BCUT2D eigenvalue weighted by molar-refractivity contribution is 0.102. The summed E-state index contributed by atoms with van der Waals surface area (Å²) < 4.78 is 11.1. The molecule has 4 heterocycles. The molecule has 8 nitrogen and oxygen atoms in total. The van der Waals surface area contributed by atoms with Crippen LogP contribution in [0.5, 0.6) is 5.88 Å². The van der Waals surface area contributed by atoms with Crippen LogP contribution in [0.1, 0.15) is 41.7 Å². The third kappa shape index (κ3) is 4.33. The molecule has 0 radical (unpaired) electrons. The second-order valence-electron chi connectivity index (χ2n) is 9.59. The zero-order chi connectivity index (χ0) is 24.1. The number of pyridine rings is 1. The van der Waals surface area contributed by atoms with Gasteiger partial charge in [0.05, 0.1) is 35.1 Å². The van der Waals surface area contributed by atoms with Crippen LogP contribution < -0.4 is 10.1 Å². The van der Waals surface area contributed by atoms with Crippen molar-refractivity contribution < 1.29 is 9.53 Å². The molecular weight excluding hydrogens is 508 g/mol. The molecule has 3 aromatic heterocycles. The van der Waals surface area contributed by atoms with Gasteiger partial charge in [0.25, 0.3) is 5.91 Å². The second-order valence-corrected chi connectivity index (χ2v) is 10.5. The van der Waals surface area contributed by atoms with Gasteiger partial charge in [-0.25, -0.2) is 9.67 Å². The number of aromatic nitrogens is 5. The minimum absolute atomic E-state index is 0.212. The first-order valence-corrected chi connectivity index (χ1v) is 12.9. The van der Waals surface area contributed by atoms with Crippen LogP contribution in [-0.2, 0) is 13.6 Å². The summed E-state index contributed by atoms with van der Waals surface area (Å²) in [6.45, 7) is 3.31. The summed E-state index contributed by atoms with van der Waals surface area (Å²) in [6.07, 6.45) is 6.26. The number of nitrogens with one attached hydrogen (secondary N) is 1. The maximum Gasteiger partial charge on any atom is 0.258 e. The molecule has 1 amide bonds. The highest BCUT2D eigenvalue weighted by Gasteiger charge is 2.32. The normalized spacial score (nSPS) is 18.7. The van der Waals surface area contributed by atoms with Gasteiger partial charge >= 0.3 is 0 Å². The van der Waals surface area contributed by atoms with Crippen LogP contribution in [0.2, 0.25) is 0 Å². The van der Waals surface area contributed by atoms with Gasteiger partial charge in [-0.2, -0.15) is 5.10 Å². The summed E-state index contributed by atoms with van der Waals surface area (Å²) in [7, 11) is 1.87. The molecule has 9 heteroatoms. The number of amides is 1. The average molecular weight is 535 g/mol. The first-order chi connectivity index (χ1) is 17.0. The molecule has 35 heavy (non-hydrogen) atoms. The van der Waals surface area contributed by atoms with Gasteiger partial charge in [0, 0.05) is 29.3 Å². The molecule has 2 aliphatic rings. The Kier molecular flexibility index (Phi) is 5.59. The minimum Gasteiger partial charge on any atom is -0.477 e. The van der Waals surface area contributed by atoms with E-state index in [1.165, 1.54) is 12.8 Å². The summed E-state index contributed by atoms with van der Waals surface area (Å²) >= 11 is 3.55. The molecule has 1 unspecified atom stereocenters. The fraction of sp³-hybridized carbons (Fsp3) is 0.385. The molecule has 180 valence electrons. The fourth-order valence-corrected chi connectivity index (χ4v) is 5.41. The fourth-order valence-electron chi connectivity index (χ4n) is 5.06. The minimum atomic E-state index is -0.212. The summed E-state index contributed by atoms with van der Waals surface area (Å²) in [5.41, 5.74) is 4.62. The number of rotatable bonds is 1. The van der Waals surface area contributed by atoms with Crippen molar-refractivity contribution in [2.75, 3.05) is 11.9 Å². The third-order valence-corrected chi connectivity index (χ3v) is 7.47. The van der Waals surface area contributed by atoms with Crippen LogP contribution in [0, 0.1) is 18.8 Å². The van der Waals surface area contributed by atoms with E-state index in [-0.39, 0.29) is 5.91 Å². The van der Waals surface area contributed by atoms with Crippen molar-refractivity contribution in [2.24, 2.45) is 18.9 Å². The summed E-state index contributed by atoms with van der Waals surface area (Å²) in [5, 5.41) is 7.49. The Labute approximate surface area is 211 Å². The Hall–Kier alpha value is -3.20. The van der Waals surface area contributed by atoms with E-state index in [1.807, 2.05) is 26.1 Å². The van der Waals surface area contributed by atoms with E-state index in [4.69, 9.17) is 9.72 Å². The monoisotopic (exact) mass is 534 g/mol. The Morgan fingerprint density at radius 2 is 1.97 bits per heavy atom. The van der Waals surface area contributed by atoms with Crippen molar-refractivity contribution in [2.45, 2.75) is 39.2 Å². The molecule has 1 N–H and O–H groups in total. The van der Waals surface area contributed by atoms with E-state index >= 15 is 0 Å². The molecule has 1 aliphatic heterocycles. The Morgan fingerprint density at radius 3 is 2.80 bits per heavy atom. The molecule has 4 aromatic rings. The van der Waals surface area contributed by atoms with E-state index in [2.05, 4.69) is 42.0 Å². The zero-order valence-corrected chi connectivity index (χ0v) is 21.4. The van der Waals surface area contributed by atoms with E-state index in [0.717, 1.165) is 46.1 Å². The number of nitrogens with zero attached hydrogens (tertiary/aromatic N) is 5. The number of halogens is 1. The first kappa shape index (κ1) is 22.3. The van der Waals surface area contributed by atoms with Crippen molar-refractivity contribution in [1.82, 2.24) is 24.3 Å². The third-order valence-electron chi connectivity index (χ3n) is 6.98. The highest BCUT2D eigenvalue weighted by molar-refractivity contribution is 9.10. The van der Waals surface area contributed by atoms with Crippen LogP contribution >= 0.6 is 15.9 Å². The molecule has 0 spiro atoms. The van der Waals surface area contributed by atoms with Crippen LogP contribution in [0.4, 0.5) is 5.95 Å². The smallest absolute Gasteiger partial charge is 0.258 e. The molecule has 2 bridgehead atoms. The van der Waals surface area contributed by atoms with Crippen LogP contribution in [0.15, 0.2) is 41.0 Å². The largest absolute Gasteiger partial charge is 0.477 e. The first-order valence-electron chi connectivity index (χ1n) is 12.1. The van der Waals surface area contributed by atoms with Crippen molar-refractivity contribution >= 4 is 38.8 Å². The predicted octanol–water partition coefficient (Wildman–Crippen LogP) is 5.35. The maximum absolute atomic E-state index is 13.5. The number of carbonyl (C=O) groups is 1.